The van der Waals surface area contributed by atoms with E-state index in [2.05, 4.69) is 61.2 Å². The lowest BCUT2D eigenvalue weighted by Crippen LogP contribution is -2.31. The van der Waals surface area contributed by atoms with Gasteiger partial charge in [-0.1, -0.05) is 32.0 Å². The summed E-state index contributed by atoms with van der Waals surface area (Å²) in [5, 5.41) is 0. The summed E-state index contributed by atoms with van der Waals surface area (Å²) in [6.45, 7) is 9.46. The van der Waals surface area contributed by atoms with Gasteiger partial charge in [-0.05, 0) is 33.2 Å². The third-order valence-corrected chi connectivity index (χ3v) is 2.32. The van der Waals surface area contributed by atoms with Crippen LogP contribution in [0.4, 0.5) is 5.69 Å². The molecule has 0 fully saturated rings. The summed E-state index contributed by atoms with van der Waals surface area (Å²) < 4.78 is 0. The first-order valence-corrected chi connectivity index (χ1v) is 6.18. The van der Waals surface area contributed by atoms with E-state index < -0.39 is 0 Å². The third-order valence-electron chi connectivity index (χ3n) is 2.32. The van der Waals surface area contributed by atoms with Gasteiger partial charge < -0.3 is 9.80 Å². The summed E-state index contributed by atoms with van der Waals surface area (Å²) in [7, 11) is 4.22. The van der Waals surface area contributed by atoms with Gasteiger partial charge in [0.05, 0.1) is 0 Å². The Balaban J connectivity index is 0.00000106. The Morgan fingerprint density at radius 3 is 1.94 bits per heavy atom. The average Bonchev–Trinajstić information content (AvgIpc) is 2.33. The number of hydrogen-bond donors (Lipinski definition) is 0. The van der Waals surface area contributed by atoms with Crippen LogP contribution in [-0.2, 0) is 0 Å². The van der Waals surface area contributed by atoms with E-state index in [9.17, 15) is 0 Å². The molecule has 1 rings (SSSR count). The van der Waals surface area contributed by atoms with Crippen LogP contribution in [0.5, 0.6) is 0 Å². The highest BCUT2D eigenvalue weighted by Gasteiger charge is 2.02. The van der Waals surface area contributed by atoms with E-state index in [4.69, 9.17) is 0 Å². The molecule has 0 aliphatic carbocycles. The fraction of sp³-hybridized carbons (Fsp3) is 0.571. The minimum absolute atomic E-state index is 1.07. The molecule has 0 bridgehead atoms. The zero-order chi connectivity index (χ0) is 12.4. The summed E-state index contributed by atoms with van der Waals surface area (Å²) in [4.78, 5) is 4.60. The van der Waals surface area contributed by atoms with Gasteiger partial charge in [-0.25, -0.2) is 0 Å². The fourth-order valence-electron chi connectivity index (χ4n) is 1.43. The van der Waals surface area contributed by atoms with E-state index in [1.54, 1.807) is 0 Å². The first-order valence-electron chi connectivity index (χ1n) is 6.18. The molecular formula is C14H26N2. The molecule has 2 nitrogen and oxygen atoms in total. The maximum atomic E-state index is 2.39. The number of para-hydroxylation sites is 1. The van der Waals surface area contributed by atoms with Crippen LogP contribution in [0, 0.1) is 0 Å². The number of hydrogen-bond acceptors (Lipinski definition) is 2. The largest absolute Gasteiger partial charge is 0.371 e. The van der Waals surface area contributed by atoms with Gasteiger partial charge in [0.25, 0.3) is 0 Å². The summed E-state index contributed by atoms with van der Waals surface area (Å²) in [5.41, 5.74) is 1.32. The van der Waals surface area contributed by atoms with Crippen molar-refractivity contribution in [3.63, 3.8) is 0 Å². The molecule has 1 aromatic rings. The summed E-state index contributed by atoms with van der Waals surface area (Å²) in [5.74, 6) is 0. The van der Waals surface area contributed by atoms with E-state index in [-0.39, 0.29) is 0 Å². The molecule has 0 heterocycles. The Labute approximate surface area is 101 Å². The number of likely N-dealkylation sites (N-methyl/N-ethyl adjacent to an activating group) is 2. The van der Waals surface area contributed by atoms with Gasteiger partial charge in [0.1, 0.15) is 0 Å². The molecule has 0 amide bonds. The summed E-state index contributed by atoms with van der Waals surface area (Å²) in [6, 6.07) is 10.6. The van der Waals surface area contributed by atoms with Crippen molar-refractivity contribution in [1.82, 2.24) is 4.90 Å². The highest BCUT2D eigenvalue weighted by molar-refractivity contribution is 5.45. The molecule has 0 saturated carbocycles. The lowest BCUT2D eigenvalue weighted by atomic mass is 10.3. The second kappa shape index (κ2) is 9.22. The molecule has 0 saturated heterocycles. The Morgan fingerprint density at radius 1 is 0.938 bits per heavy atom. The van der Waals surface area contributed by atoms with Gasteiger partial charge in [-0.15, -0.1) is 0 Å². The molecule has 92 valence electrons. The maximum Gasteiger partial charge on any atom is 0.0366 e. The van der Waals surface area contributed by atoms with E-state index in [0.29, 0.717) is 0 Å². The molecule has 0 radical (unpaired) electrons. The second-order valence-corrected chi connectivity index (χ2v) is 3.72. The molecule has 1 aromatic carbocycles. The monoisotopic (exact) mass is 222 g/mol. The zero-order valence-corrected chi connectivity index (χ0v) is 11.4. The molecule has 0 unspecified atom stereocenters. The average molecular weight is 222 g/mol. The van der Waals surface area contributed by atoms with Gasteiger partial charge >= 0.3 is 0 Å². The Hall–Kier alpha value is -1.02. The van der Waals surface area contributed by atoms with Crippen molar-refractivity contribution in [3.05, 3.63) is 30.3 Å². The van der Waals surface area contributed by atoms with Crippen LogP contribution in [0.2, 0.25) is 0 Å². The predicted molar refractivity (Wildman–Crippen MR) is 74.2 cm³/mol. The lowest BCUT2D eigenvalue weighted by molar-refractivity contribution is 0.414. The van der Waals surface area contributed by atoms with E-state index in [1.807, 2.05) is 13.8 Å². The van der Waals surface area contributed by atoms with Crippen LogP contribution < -0.4 is 4.90 Å². The zero-order valence-electron chi connectivity index (χ0n) is 11.4. The van der Waals surface area contributed by atoms with Gasteiger partial charge in [0.15, 0.2) is 0 Å². The minimum Gasteiger partial charge on any atom is -0.371 e. The number of nitrogens with zero attached hydrogens (tertiary/aromatic N) is 2. The first kappa shape index (κ1) is 15.0. The second-order valence-electron chi connectivity index (χ2n) is 3.72. The Morgan fingerprint density at radius 2 is 1.50 bits per heavy atom. The lowest BCUT2D eigenvalue weighted by Gasteiger charge is -2.24. The molecule has 0 N–H and O–H groups in total. The van der Waals surface area contributed by atoms with E-state index in [0.717, 1.165) is 19.6 Å². The van der Waals surface area contributed by atoms with Gasteiger partial charge in [-0.2, -0.15) is 0 Å². The fourth-order valence-corrected chi connectivity index (χ4v) is 1.43. The van der Waals surface area contributed by atoms with Crippen molar-refractivity contribution >= 4 is 5.69 Å². The van der Waals surface area contributed by atoms with Gasteiger partial charge in [0, 0.05) is 25.3 Å². The highest BCUT2D eigenvalue weighted by Crippen LogP contribution is 2.11. The van der Waals surface area contributed by atoms with Crippen LogP contribution in [0.25, 0.3) is 0 Å². The molecule has 16 heavy (non-hydrogen) atoms. The predicted octanol–water partition coefficient (Wildman–Crippen LogP) is 3.10. The normalized spacial score (nSPS) is 9.62. The number of benzene rings is 1. The van der Waals surface area contributed by atoms with E-state index in [1.165, 1.54) is 5.69 Å². The Kier molecular flexibility index (Phi) is 8.64. The number of rotatable bonds is 5. The van der Waals surface area contributed by atoms with Crippen LogP contribution in [0.1, 0.15) is 20.8 Å². The molecule has 0 aliphatic rings. The van der Waals surface area contributed by atoms with Crippen LogP contribution in [0.15, 0.2) is 30.3 Å². The molecule has 2 heteroatoms. The Bertz CT molecular complexity index is 244. The summed E-state index contributed by atoms with van der Waals surface area (Å²) >= 11 is 0. The number of anilines is 1. The van der Waals surface area contributed by atoms with Crippen molar-refractivity contribution in [2.75, 3.05) is 38.6 Å². The standard InChI is InChI=1S/C12H20N2.C2H6/c1-4-14(11-10-13(2)3)12-8-6-5-7-9-12;1-2/h5-9H,4,10-11H2,1-3H3;1-2H3. The molecule has 0 aliphatic heterocycles. The van der Waals surface area contributed by atoms with Crippen molar-refractivity contribution in [2.45, 2.75) is 20.8 Å². The third kappa shape index (κ3) is 5.76. The minimum atomic E-state index is 1.07. The van der Waals surface area contributed by atoms with Gasteiger partial charge in [-0.3, -0.25) is 0 Å². The van der Waals surface area contributed by atoms with Crippen LogP contribution >= 0.6 is 0 Å². The van der Waals surface area contributed by atoms with Crippen molar-refractivity contribution < 1.29 is 0 Å². The van der Waals surface area contributed by atoms with Crippen LogP contribution in [-0.4, -0.2) is 38.6 Å². The quantitative estimate of drug-likeness (QED) is 0.755. The van der Waals surface area contributed by atoms with Crippen molar-refractivity contribution in [1.29, 1.82) is 0 Å². The highest BCUT2D eigenvalue weighted by atomic mass is 15.2. The molecular weight excluding hydrogens is 196 g/mol. The SMILES string of the molecule is CC.CCN(CCN(C)C)c1ccccc1. The van der Waals surface area contributed by atoms with Crippen LogP contribution in [0.3, 0.4) is 0 Å². The van der Waals surface area contributed by atoms with Gasteiger partial charge in [0.2, 0.25) is 0 Å². The van der Waals surface area contributed by atoms with E-state index >= 15 is 0 Å². The first-order chi connectivity index (χ1) is 7.74. The molecule has 0 aromatic heterocycles. The molecule has 0 spiro atoms. The summed E-state index contributed by atoms with van der Waals surface area (Å²) in [6.07, 6.45) is 0. The van der Waals surface area contributed by atoms with Crippen molar-refractivity contribution in [3.8, 4) is 0 Å². The van der Waals surface area contributed by atoms with Crippen molar-refractivity contribution in [2.24, 2.45) is 0 Å². The molecule has 0 atom stereocenters. The topological polar surface area (TPSA) is 6.48 Å². The smallest absolute Gasteiger partial charge is 0.0366 e. The maximum absolute atomic E-state index is 2.39.